The van der Waals surface area contributed by atoms with Gasteiger partial charge in [-0.1, -0.05) is 18.2 Å². The molecule has 2 aromatic heterocycles. The molecule has 2 fully saturated rings. The van der Waals surface area contributed by atoms with Crippen molar-refractivity contribution in [1.29, 1.82) is 0 Å². The number of aliphatic hydroxyl groups is 1. The fourth-order valence-corrected chi connectivity index (χ4v) is 5.15. The fraction of sp³-hybridized carbons (Fsp3) is 0.480. The Bertz CT molecular complexity index is 1330. The summed E-state index contributed by atoms with van der Waals surface area (Å²) in [7, 11) is 3.28. The Balaban J connectivity index is 1.54. The van der Waals surface area contributed by atoms with Crippen LogP contribution < -0.4 is 15.6 Å². The van der Waals surface area contributed by atoms with Crippen LogP contribution in [0.25, 0.3) is 21.8 Å². The minimum atomic E-state index is -0.504. The number of hydrogen-bond acceptors (Lipinski definition) is 5. The number of pyridine rings is 1. The summed E-state index contributed by atoms with van der Waals surface area (Å²) in [6, 6.07) is 7.70. The normalized spacial score (nSPS) is 16.9. The summed E-state index contributed by atoms with van der Waals surface area (Å²) in [5.41, 5.74) is 1.74. The molecule has 2 N–H and O–H groups in total. The van der Waals surface area contributed by atoms with Gasteiger partial charge < -0.3 is 29.2 Å². The Morgan fingerprint density at radius 1 is 1.15 bits per heavy atom. The van der Waals surface area contributed by atoms with E-state index in [1.54, 1.807) is 16.5 Å². The lowest BCUT2D eigenvalue weighted by Crippen LogP contribution is -2.47. The highest BCUT2D eigenvalue weighted by Gasteiger charge is 2.31. The van der Waals surface area contributed by atoms with E-state index in [0.717, 1.165) is 23.7 Å². The van der Waals surface area contributed by atoms with Gasteiger partial charge in [0, 0.05) is 38.1 Å². The summed E-state index contributed by atoms with van der Waals surface area (Å²) in [6.07, 6.45) is 3.45. The molecule has 1 aliphatic heterocycles. The zero-order chi connectivity index (χ0) is 24.0. The first-order valence-corrected chi connectivity index (χ1v) is 11.8. The number of amides is 2. The summed E-state index contributed by atoms with van der Waals surface area (Å²) in [6.45, 7) is 1.12. The number of ether oxygens (including phenoxy) is 1. The van der Waals surface area contributed by atoms with Crippen molar-refractivity contribution in [3.05, 3.63) is 40.3 Å². The van der Waals surface area contributed by atoms with E-state index in [1.165, 1.54) is 7.11 Å². The van der Waals surface area contributed by atoms with Gasteiger partial charge in [0.2, 0.25) is 5.91 Å². The third kappa shape index (κ3) is 3.73. The molecular weight excluding hydrogens is 436 g/mol. The maximum Gasteiger partial charge on any atom is 0.272 e. The van der Waals surface area contributed by atoms with Gasteiger partial charge in [-0.3, -0.25) is 14.4 Å². The van der Waals surface area contributed by atoms with E-state index in [2.05, 4.69) is 5.32 Å². The molecule has 3 heterocycles. The van der Waals surface area contributed by atoms with E-state index in [9.17, 15) is 14.4 Å². The van der Waals surface area contributed by atoms with E-state index in [4.69, 9.17) is 9.84 Å². The summed E-state index contributed by atoms with van der Waals surface area (Å²) >= 11 is 0. The number of hydrogen-bond donors (Lipinski definition) is 2. The number of rotatable bonds is 6. The van der Waals surface area contributed by atoms with Gasteiger partial charge >= 0.3 is 0 Å². The smallest absolute Gasteiger partial charge is 0.272 e. The summed E-state index contributed by atoms with van der Waals surface area (Å²) in [5, 5.41) is 13.5. The third-order valence-corrected chi connectivity index (χ3v) is 7.13. The van der Waals surface area contributed by atoms with Crippen molar-refractivity contribution < 1.29 is 19.4 Å². The van der Waals surface area contributed by atoms with Crippen molar-refractivity contribution in [2.45, 2.75) is 38.3 Å². The lowest BCUT2D eigenvalue weighted by molar-refractivity contribution is -0.135. The lowest BCUT2D eigenvalue weighted by Gasteiger charge is -2.32. The Labute approximate surface area is 196 Å². The van der Waals surface area contributed by atoms with Crippen LogP contribution >= 0.6 is 0 Å². The van der Waals surface area contributed by atoms with Crippen molar-refractivity contribution in [1.82, 2.24) is 19.4 Å². The Kier molecular flexibility index (Phi) is 5.81. The summed E-state index contributed by atoms with van der Waals surface area (Å²) in [4.78, 5) is 40.4. The molecule has 1 aliphatic carbocycles. The number of nitrogens with one attached hydrogen (secondary N) is 1. The molecule has 0 bridgehead atoms. The number of aromatic nitrogens is 2. The first kappa shape index (κ1) is 22.5. The van der Waals surface area contributed by atoms with Crippen LogP contribution in [0.1, 0.15) is 36.2 Å². The quantitative estimate of drug-likeness (QED) is 0.574. The monoisotopic (exact) mass is 466 g/mol. The number of carbonyl (C=O) groups excluding carboxylic acids is 2. The van der Waals surface area contributed by atoms with E-state index in [1.807, 2.05) is 28.8 Å². The zero-order valence-electron chi connectivity index (χ0n) is 19.5. The molecule has 180 valence electrons. The maximum absolute atomic E-state index is 13.7. The van der Waals surface area contributed by atoms with Gasteiger partial charge in [0.15, 0.2) is 11.4 Å². The molecular formula is C25H30N4O5. The van der Waals surface area contributed by atoms with Crippen LogP contribution in [0, 0.1) is 5.92 Å². The van der Waals surface area contributed by atoms with Gasteiger partial charge in [-0.2, -0.15) is 0 Å². The molecule has 0 spiro atoms. The number of piperidine rings is 1. The minimum Gasteiger partial charge on any atom is -0.493 e. The average molecular weight is 467 g/mol. The van der Waals surface area contributed by atoms with Gasteiger partial charge in [-0.15, -0.1) is 0 Å². The van der Waals surface area contributed by atoms with Crippen LogP contribution in [0.4, 0.5) is 0 Å². The molecule has 1 aromatic carbocycles. The molecule has 0 unspecified atom stereocenters. The Morgan fingerprint density at radius 3 is 2.50 bits per heavy atom. The number of para-hydroxylation sites is 1. The predicted octanol–water partition coefficient (Wildman–Crippen LogP) is 1.62. The highest BCUT2D eigenvalue weighted by molar-refractivity contribution is 6.12. The second kappa shape index (κ2) is 8.79. The van der Waals surface area contributed by atoms with Crippen molar-refractivity contribution >= 4 is 33.6 Å². The number of aryl methyl sites for hydroxylation is 1. The van der Waals surface area contributed by atoms with Crippen LogP contribution in [0.3, 0.4) is 0 Å². The number of fused-ring (bicyclic) bond motifs is 3. The molecule has 5 rings (SSSR count). The number of nitrogens with zero attached hydrogens (tertiary/aromatic N) is 3. The fourth-order valence-electron chi connectivity index (χ4n) is 5.15. The molecule has 34 heavy (non-hydrogen) atoms. The summed E-state index contributed by atoms with van der Waals surface area (Å²) in [5.74, 6) is 0.206. The molecule has 3 aromatic rings. The number of carbonyl (C=O) groups is 2. The average Bonchev–Trinajstić information content (AvgIpc) is 3.62. The molecule has 0 atom stereocenters. The second-order valence-electron chi connectivity index (χ2n) is 9.33. The van der Waals surface area contributed by atoms with E-state index < -0.39 is 6.61 Å². The van der Waals surface area contributed by atoms with Crippen molar-refractivity contribution in [3.63, 3.8) is 0 Å². The highest BCUT2D eigenvalue weighted by atomic mass is 16.5. The van der Waals surface area contributed by atoms with Crippen LogP contribution in [-0.2, 0) is 18.4 Å². The topological polar surface area (TPSA) is 106 Å². The Hall–Kier alpha value is -3.33. The predicted molar refractivity (Wildman–Crippen MR) is 128 cm³/mol. The number of aliphatic hydroxyl groups excluding tert-OH is 1. The van der Waals surface area contributed by atoms with E-state index in [-0.39, 0.29) is 23.4 Å². The molecule has 0 radical (unpaired) electrons. The molecule has 9 heteroatoms. The largest absolute Gasteiger partial charge is 0.493 e. The number of likely N-dealkylation sites (tertiary alicyclic amines) is 1. The van der Waals surface area contributed by atoms with E-state index >= 15 is 0 Å². The molecule has 2 aliphatic rings. The molecule has 1 saturated heterocycles. The minimum absolute atomic E-state index is 0.110. The zero-order valence-corrected chi connectivity index (χ0v) is 19.5. The van der Waals surface area contributed by atoms with Crippen molar-refractivity contribution in [2.75, 3.05) is 26.8 Å². The molecule has 2 amide bonds. The lowest BCUT2D eigenvalue weighted by atomic mass is 10.0. The van der Waals surface area contributed by atoms with Crippen LogP contribution in [0.2, 0.25) is 0 Å². The summed E-state index contributed by atoms with van der Waals surface area (Å²) < 4.78 is 9.27. The van der Waals surface area contributed by atoms with Crippen molar-refractivity contribution in [3.8, 4) is 5.75 Å². The molecule has 9 nitrogen and oxygen atoms in total. The standard InChI is InChI=1S/C25H30N4O5/c1-27-21-17-5-3-4-6-18(17)29(13-15-7-8-15)25(33)20(21)23(34-2)22(27)24(32)26-16-9-11-28(12-10-16)19(31)14-30/h3-6,15-16,30H,7-14H2,1-2H3,(H,26,32). The first-order valence-electron chi connectivity index (χ1n) is 11.8. The number of benzene rings is 1. The Morgan fingerprint density at radius 2 is 1.85 bits per heavy atom. The van der Waals surface area contributed by atoms with Gasteiger partial charge in [0.1, 0.15) is 12.0 Å². The molecule has 1 saturated carbocycles. The second-order valence-corrected chi connectivity index (χ2v) is 9.33. The first-order chi connectivity index (χ1) is 16.4. The van der Waals surface area contributed by atoms with Gasteiger partial charge in [-0.05, 0) is 37.7 Å². The van der Waals surface area contributed by atoms with Crippen molar-refractivity contribution in [2.24, 2.45) is 13.0 Å². The van der Waals surface area contributed by atoms with Gasteiger partial charge in [-0.25, -0.2) is 0 Å². The van der Waals surface area contributed by atoms with Crippen LogP contribution in [0.15, 0.2) is 29.1 Å². The number of methoxy groups -OCH3 is 1. The highest BCUT2D eigenvalue weighted by Crippen LogP contribution is 2.36. The van der Waals surface area contributed by atoms with Crippen LogP contribution in [-0.4, -0.2) is 63.8 Å². The van der Waals surface area contributed by atoms with E-state index in [0.29, 0.717) is 60.7 Å². The maximum atomic E-state index is 13.7. The van der Waals surface area contributed by atoms with Crippen LogP contribution in [0.5, 0.6) is 5.75 Å². The SMILES string of the molecule is COc1c(C(=O)NC2CCN(C(=O)CO)CC2)n(C)c2c1c(=O)n(CC1CC1)c1ccccc21. The van der Waals surface area contributed by atoms with Gasteiger partial charge in [0.25, 0.3) is 11.5 Å². The van der Waals surface area contributed by atoms with Gasteiger partial charge in [0.05, 0.1) is 18.1 Å². The third-order valence-electron chi connectivity index (χ3n) is 7.13.